The van der Waals surface area contributed by atoms with E-state index in [2.05, 4.69) is 37.6 Å². The van der Waals surface area contributed by atoms with Gasteiger partial charge in [-0.25, -0.2) is 13.8 Å². The van der Waals surface area contributed by atoms with E-state index in [-0.39, 0.29) is 72.9 Å². The van der Waals surface area contributed by atoms with Crippen LogP contribution in [0.25, 0.3) is 44.2 Å². The van der Waals surface area contributed by atoms with Crippen LogP contribution in [-0.4, -0.2) is 148 Å². The van der Waals surface area contributed by atoms with Crippen LogP contribution in [0.1, 0.15) is 121 Å². The Morgan fingerprint density at radius 3 is 1.10 bits per heavy atom. The zero-order valence-corrected chi connectivity index (χ0v) is 61.6. The van der Waals surface area contributed by atoms with Gasteiger partial charge in [-0.3, -0.25) is 64.4 Å². The number of aromatic nitrogens is 1. The number of carbonyl (C=O) groups excluding carboxylic acids is 1. The van der Waals surface area contributed by atoms with E-state index in [9.17, 15) is 92.8 Å². The molecule has 568 valence electrons. The number of carboxylic acids is 8. The smallest absolute Gasteiger partial charge is 0.321 e. The van der Waals surface area contributed by atoms with Gasteiger partial charge in [-0.15, -0.1) is 0 Å². The Bertz CT molecular complexity index is 4040. The monoisotopic (exact) mass is 1500 g/mol. The predicted octanol–water partition coefficient (Wildman–Crippen LogP) is 12.5. The Morgan fingerprint density at radius 1 is 0.410 bits per heavy atom. The second-order valence-corrected chi connectivity index (χ2v) is 28.8. The highest BCUT2D eigenvalue weighted by Crippen LogP contribution is 2.30. The van der Waals surface area contributed by atoms with Gasteiger partial charge in [-0.2, -0.15) is 11.3 Å². The fourth-order valence-corrected chi connectivity index (χ4v) is 12.5. The molecule has 13 N–H and O–H groups in total. The van der Waals surface area contributed by atoms with Gasteiger partial charge in [-0.05, 0) is 160 Å². The maximum Gasteiger partial charge on any atom is 0.321 e. The normalized spacial score (nSPS) is 13.6. The number of nitrogens with zero attached hydrogens (tertiary/aromatic N) is 1. The van der Waals surface area contributed by atoms with Crippen LogP contribution in [0.2, 0.25) is 0 Å². The summed E-state index contributed by atoms with van der Waals surface area (Å²) < 4.78 is 44.6. The summed E-state index contributed by atoms with van der Waals surface area (Å²) in [5, 5.41) is 92.3. The highest BCUT2D eigenvalue weighted by Gasteiger charge is 2.33. The van der Waals surface area contributed by atoms with Crippen molar-refractivity contribution < 1.29 is 106 Å². The van der Waals surface area contributed by atoms with Crippen molar-refractivity contribution in [2.45, 2.75) is 176 Å². The average Bonchev–Trinajstić information content (AvgIpc) is 1.73. The highest BCUT2D eigenvalue weighted by molar-refractivity contribution is 7.22. The first kappa shape index (κ1) is 85.7. The lowest BCUT2D eigenvalue weighted by Crippen LogP contribution is -2.49. The number of carbonyl (C=O) groups is 9. The molecule has 0 saturated heterocycles. The zero-order valence-electron chi connectivity index (χ0n) is 60.0. The van der Waals surface area contributed by atoms with E-state index in [4.69, 9.17) is 13.3 Å². The van der Waals surface area contributed by atoms with E-state index in [1.165, 1.54) is 23.5 Å². The Hall–Kier alpha value is -9.98. The molecule has 0 fully saturated rings. The maximum atomic E-state index is 13.3. The largest absolute Gasteiger partial charge is 0.480 e. The van der Waals surface area contributed by atoms with Gasteiger partial charge in [0.25, 0.3) is 0 Å². The number of amides is 1. The summed E-state index contributed by atoms with van der Waals surface area (Å²) in [4.78, 5) is 108. The summed E-state index contributed by atoms with van der Waals surface area (Å²) in [5.74, 6) is -7.96. The third-order valence-corrected chi connectivity index (χ3v) is 17.3. The highest BCUT2D eigenvalue weighted by atomic mass is 32.1. The summed E-state index contributed by atoms with van der Waals surface area (Å²) in [6.07, 6.45) is 0.885. The van der Waals surface area contributed by atoms with Gasteiger partial charge in [0.15, 0.2) is 5.13 Å². The van der Waals surface area contributed by atoms with Crippen LogP contribution in [0, 0.1) is 56.1 Å². The van der Waals surface area contributed by atoms with Gasteiger partial charge in [0, 0.05) is 47.4 Å². The number of benzene rings is 3. The van der Waals surface area contributed by atoms with Crippen LogP contribution in [0.15, 0.2) is 121 Å². The van der Waals surface area contributed by atoms with Crippen molar-refractivity contribution in [1.29, 1.82) is 0 Å². The lowest BCUT2D eigenvalue weighted by Gasteiger charge is -2.21. The second-order valence-electron chi connectivity index (χ2n) is 27.0. The number of carboxylic acid groups (broad SMARTS) is 8. The van der Waals surface area contributed by atoms with Gasteiger partial charge in [0.2, 0.25) is 5.91 Å². The molecule has 5 aromatic heterocycles. The molecular formula is C75H92F2N6O20S2. The molecule has 8 rings (SSSR count). The van der Waals surface area contributed by atoms with Crippen molar-refractivity contribution in [3.05, 3.63) is 153 Å². The van der Waals surface area contributed by atoms with E-state index in [0.717, 1.165) is 56.2 Å². The molecule has 0 aliphatic heterocycles. The third kappa shape index (κ3) is 29.2. The molecule has 8 unspecified atom stereocenters. The number of hydrogen-bond acceptors (Lipinski definition) is 19. The fourth-order valence-electron chi connectivity index (χ4n) is 10.9. The predicted molar refractivity (Wildman–Crippen MR) is 390 cm³/mol. The number of thiophene rings is 1. The van der Waals surface area contributed by atoms with E-state index in [0.29, 0.717) is 41.0 Å². The molecule has 3 aromatic carbocycles. The number of aliphatic carboxylic acids is 8. The zero-order chi connectivity index (χ0) is 78.1. The van der Waals surface area contributed by atoms with Gasteiger partial charge < -0.3 is 59.4 Å². The lowest BCUT2D eigenvalue weighted by atomic mass is 10.0. The summed E-state index contributed by atoms with van der Waals surface area (Å²) in [6.45, 7) is 20.9. The minimum atomic E-state index is -1.30. The fraction of sp³-hybridized carbons (Fsp3) is 0.413. The molecule has 1 amide bonds. The first-order valence-corrected chi connectivity index (χ1v) is 35.5. The van der Waals surface area contributed by atoms with Crippen LogP contribution in [0.5, 0.6) is 0 Å². The van der Waals surface area contributed by atoms with Gasteiger partial charge in [0.05, 0.1) is 16.6 Å². The molecule has 0 aliphatic carbocycles. The number of fused-ring (bicyclic) bond motifs is 1. The number of thiazole rings is 1. The van der Waals surface area contributed by atoms with Crippen LogP contribution >= 0.6 is 22.7 Å². The average molecular weight is 1500 g/mol. The standard InChI is InChI=1S/C21H27NO5.C19H21F2NO5.C18H23N3O5S.C17H21NO5S/c1-12(2)7-17(20(23)24)22-18(21(25)26)11-16-5-6-19(27-16)15-9-13(3)8-14(4)10-15;1-10(2)5-15(18(23)24)22-16(19(25)26)9-14-3-4-17(27-14)11-6-12(20)8-13(21)7-11;1-9(2)6-12(16(23)24)19-13(17(25)26)8-15(22)21-18-20-11-5-4-10(3)7-14(11)27-18;1-10(2)7-13(16(19)20)18-14(17(21)22)8-12-3-4-15(23-12)11-5-6-24-9-11/h5-6,8-10,12,17-18,22H,7,11H2,1-4H3,(H,23,24)(H,25,26);3-4,6-8,10,15-16,22H,5,9H2,1-2H3,(H,23,24)(H,25,26);4-5,7,9,12-13,19H,6,8H2,1-3H3,(H,23,24)(H,25,26)(H,20,21,22);3-6,9-10,13-14,18H,7-8H2,1-2H3,(H,19,20)(H,21,22). The van der Waals surface area contributed by atoms with Gasteiger partial charge in [0.1, 0.15) is 94.5 Å². The van der Waals surface area contributed by atoms with Gasteiger partial charge in [-0.1, -0.05) is 90.0 Å². The van der Waals surface area contributed by atoms with Crippen molar-refractivity contribution in [1.82, 2.24) is 26.3 Å². The maximum absolute atomic E-state index is 13.3. The van der Waals surface area contributed by atoms with E-state index in [1.807, 2.05) is 129 Å². The number of aryl methyl sites for hydroxylation is 3. The Morgan fingerprint density at radius 2 is 0.762 bits per heavy atom. The summed E-state index contributed by atoms with van der Waals surface area (Å²) in [5.41, 5.74) is 6.11. The number of anilines is 1. The molecule has 5 heterocycles. The molecule has 105 heavy (non-hydrogen) atoms. The molecule has 8 aromatic rings. The summed E-state index contributed by atoms with van der Waals surface area (Å²) >= 11 is 2.85. The molecular weight excluding hydrogens is 1410 g/mol. The summed E-state index contributed by atoms with van der Waals surface area (Å²) in [7, 11) is 0. The van der Waals surface area contributed by atoms with Crippen LogP contribution in [-0.2, 0) is 62.4 Å². The first-order chi connectivity index (χ1) is 49.3. The number of hydrogen-bond donors (Lipinski definition) is 13. The number of furan rings is 3. The van der Waals surface area contributed by atoms with Crippen molar-refractivity contribution in [2.24, 2.45) is 23.7 Å². The molecule has 30 heteroatoms. The van der Waals surface area contributed by atoms with Crippen LogP contribution in [0.3, 0.4) is 0 Å². The molecule has 26 nitrogen and oxygen atoms in total. The Labute approximate surface area is 613 Å². The SMILES string of the molecule is CC(C)CC(NC(Cc1ccc(-c2cc(F)cc(F)c2)o1)C(=O)O)C(=O)O.CC(C)CC(NC(Cc1ccc(-c2ccsc2)o1)C(=O)O)C(=O)O.Cc1cc(C)cc(-c2ccc(CC(NC(CC(C)C)C(=O)O)C(=O)O)o2)c1.Cc1ccc2nc(NC(=O)CC(NC(CC(C)C)C(=O)O)C(=O)O)sc2c1. The number of nitrogens with one attached hydrogen (secondary N) is 5. The summed E-state index contributed by atoms with van der Waals surface area (Å²) in [6, 6.07) is 18.3. The lowest BCUT2D eigenvalue weighted by molar-refractivity contribution is -0.145. The molecule has 0 bridgehead atoms. The number of halogens is 2. The minimum absolute atomic E-state index is 0.0612. The Balaban J connectivity index is 0.000000252. The van der Waals surface area contributed by atoms with Crippen LogP contribution in [0.4, 0.5) is 13.9 Å². The van der Waals surface area contributed by atoms with Crippen LogP contribution < -0.4 is 26.6 Å². The van der Waals surface area contributed by atoms with Crippen molar-refractivity contribution in [2.75, 3.05) is 5.32 Å². The molecule has 0 aliphatic rings. The van der Waals surface area contributed by atoms with E-state index >= 15 is 0 Å². The van der Waals surface area contributed by atoms with Crippen molar-refractivity contribution >= 4 is 91.7 Å². The molecule has 8 atom stereocenters. The van der Waals surface area contributed by atoms with E-state index < -0.39 is 120 Å². The molecule has 0 spiro atoms. The van der Waals surface area contributed by atoms with Gasteiger partial charge >= 0.3 is 47.8 Å². The quantitative estimate of drug-likeness (QED) is 0.0173. The van der Waals surface area contributed by atoms with E-state index in [1.54, 1.807) is 29.5 Å². The third-order valence-electron chi connectivity index (χ3n) is 15.7. The number of rotatable bonds is 36. The minimum Gasteiger partial charge on any atom is -0.480 e. The van der Waals surface area contributed by atoms with Crippen molar-refractivity contribution in [3.63, 3.8) is 0 Å². The van der Waals surface area contributed by atoms with Crippen molar-refractivity contribution in [3.8, 4) is 34.0 Å². The topological polar surface area (TPSA) is 428 Å². The molecule has 0 saturated carbocycles. The Kier molecular flexibility index (Phi) is 33.4. The second kappa shape index (κ2) is 40.9. The molecule has 0 radical (unpaired) electrons. The first-order valence-electron chi connectivity index (χ1n) is 33.7.